The number of anilines is 1. The predicted molar refractivity (Wildman–Crippen MR) is 104 cm³/mol. The minimum Gasteiger partial charge on any atom is -0.497 e. The molecule has 0 bridgehead atoms. The second-order valence-electron chi connectivity index (χ2n) is 6.10. The van der Waals surface area contributed by atoms with Crippen LogP contribution in [0.15, 0.2) is 46.8 Å². The number of hydrogen-bond donors (Lipinski definition) is 0. The van der Waals surface area contributed by atoms with Crippen molar-refractivity contribution in [2.45, 2.75) is 34.1 Å². The van der Waals surface area contributed by atoms with Crippen molar-refractivity contribution in [1.82, 2.24) is 0 Å². The molecule has 0 saturated carbocycles. The number of rotatable bonds is 7. The van der Waals surface area contributed by atoms with Gasteiger partial charge in [-0.1, -0.05) is 0 Å². The van der Waals surface area contributed by atoms with Gasteiger partial charge < -0.3 is 19.1 Å². The summed E-state index contributed by atoms with van der Waals surface area (Å²) in [6.07, 6.45) is 0.0147. The summed E-state index contributed by atoms with van der Waals surface area (Å²) in [5.41, 5.74) is 1.77. The van der Waals surface area contributed by atoms with Gasteiger partial charge in [-0.3, -0.25) is 4.79 Å². The molecule has 28 heavy (non-hydrogen) atoms. The molecule has 0 aliphatic carbocycles. The Kier molecular flexibility index (Phi) is 6.98. The number of esters is 2. The molecule has 0 radical (unpaired) electrons. The van der Waals surface area contributed by atoms with Crippen LogP contribution < -0.4 is 9.64 Å². The number of ketones is 1. The zero-order chi connectivity index (χ0) is 20.8. The molecule has 150 valence electrons. The highest BCUT2D eigenvalue weighted by atomic mass is 16.5. The molecule has 0 amide bonds. The third-order valence-electron chi connectivity index (χ3n) is 4.38. The summed E-state index contributed by atoms with van der Waals surface area (Å²) in [6, 6.07) is 6.95. The zero-order valence-electron chi connectivity index (χ0n) is 16.8. The van der Waals surface area contributed by atoms with Crippen LogP contribution >= 0.6 is 0 Å². The number of methoxy groups -OCH3 is 1. The molecule has 0 N–H and O–H groups in total. The number of ether oxygens (including phenoxy) is 3. The average Bonchev–Trinajstić information content (AvgIpc) is 2.67. The van der Waals surface area contributed by atoms with Gasteiger partial charge in [0.05, 0.1) is 25.9 Å². The van der Waals surface area contributed by atoms with E-state index < -0.39 is 11.9 Å². The summed E-state index contributed by atoms with van der Waals surface area (Å²) >= 11 is 0. The standard InChI is InChI=1S/C21H25NO6/c1-6-27-20(24)18-12-17(14(4)23)13(3)22(19(18)21(25)28-7-2)15-8-10-16(26-5)11-9-15/h8-11H,6-7,12H2,1-5H3. The smallest absolute Gasteiger partial charge is 0.355 e. The first-order valence-electron chi connectivity index (χ1n) is 9.07. The van der Waals surface area contributed by atoms with Crippen LogP contribution in [0.1, 0.15) is 34.1 Å². The fourth-order valence-electron chi connectivity index (χ4n) is 3.06. The first-order valence-corrected chi connectivity index (χ1v) is 9.07. The minimum absolute atomic E-state index is 0.0147. The Labute approximate surface area is 164 Å². The molecule has 0 atom stereocenters. The van der Waals surface area contributed by atoms with Crippen molar-refractivity contribution in [3.05, 3.63) is 46.8 Å². The maximum atomic E-state index is 12.8. The molecule has 0 unspecified atom stereocenters. The average molecular weight is 387 g/mol. The SMILES string of the molecule is CCOC(=O)C1=C(C(=O)OCC)N(c2ccc(OC)cc2)C(C)=C(C(C)=O)C1. The summed E-state index contributed by atoms with van der Waals surface area (Å²) in [5.74, 6) is -0.833. The molecule has 7 nitrogen and oxygen atoms in total. The van der Waals surface area contributed by atoms with Crippen LogP contribution in [0, 0.1) is 0 Å². The fraction of sp³-hybridized carbons (Fsp3) is 0.381. The maximum Gasteiger partial charge on any atom is 0.355 e. The largest absolute Gasteiger partial charge is 0.497 e. The van der Waals surface area contributed by atoms with E-state index in [1.165, 1.54) is 6.92 Å². The van der Waals surface area contributed by atoms with Crippen molar-refractivity contribution in [2.75, 3.05) is 25.2 Å². The second-order valence-corrected chi connectivity index (χ2v) is 6.10. The van der Waals surface area contributed by atoms with Gasteiger partial charge in [-0.05, 0) is 52.0 Å². The highest BCUT2D eigenvalue weighted by Crippen LogP contribution is 2.37. The molecular weight excluding hydrogens is 362 g/mol. The lowest BCUT2D eigenvalue weighted by molar-refractivity contribution is -0.142. The Hall–Kier alpha value is -3.09. The lowest BCUT2D eigenvalue weighted by Crippen LogP contribution is -2.35. The van der Waals surface area contributed by atoms with E-state index in [1.54, 1.807) is 57.0 Å². The van der Waals surface area contributed by atoms with Crippen LogP contribution in [0.3, 0.4) is 0 Å². The number of nitrogens with zero attached hydrogens (tertiary/aromatic N) is 1. The molecule has 7 heteroatoms. The van der Waals surface area contributed by atoms with E-state index in [0.29, 0.717) is 22.7 Å². The van der Waals surface area contributed by atoms with E-state index >= 15 is 0 Å². The van der Waals surface area contributed by atoms with Gasteiger partial charge >= 0.3 is 11.9 Å². The van der Waals surface area contributed by atoms with Gasteiger partial charge in [0.15, 0.2) is 5.78 Å². The maximum absolute atomic E-state index is 12.8. The normalized spacial score (nSPS) is 14.1. The Balaban J connectivity index is 2.71. The molecule has 0 saturated heterocycles. The summed E-state index contributed by atoms with van der Waals surface area (Å²) in [4.78, 5) is 39.2. The Morgan fingerprint density at radius 3 is 2.04 bits per heavy atom. The van der Waals surface area contributed by atoms with Crippen molar-refractivity contribution < 1.29 is 28.6 Å². The fourth-order valence-corrected chi connectivity index (χ4v) is 3.06. The Bertz CT molecular complexity index is 835. The minimum atomic E-state index is -0.650. The number of carbonyl (C=O) groups is 3. The van der Waals surface area contributed by atoms with Crippen molar-refractivity contribution >= 4 is 23.4 Å². The van der Waals surface area contributed by atoms with Crippen molar-refractivity contribution in [1.29, 1.82) is 0 Å². The van der Waals surface area contributed by atoms with Crippen LogP contribution in [-0.4, -0.2) is 38.0 Å². The number of Topliss-reactive ketones (excluding diaryl/α,β-unsaturated/α-hetero) is 1. The summed E-state index contributed by atoms with van der Waals surface area (Å²) in [6.45, 7) is 6.84. The Morgan fingerprint density at radius 1 is 0.964 bits per heavy atom. The third kappa shape index (κ3) is 4.24. The molecule has 0 fully saturated rings. The van der Waals surface area contributed by atoms with Crippen LogP contribution in [0.5, 0.6) is 5.75 Å². The van der Waals surface area contributed by atoms with Gasteiger partial charge in [0.2, 0.25) is 0 Å². The summed E-state index contributed by atoms with van der Waals surface area (Å²) < 4.78 is 15.5. The van der Waals surface area contributed by atoms with Crippen molar-refractivity contribution in [2.24, 2.45) is 0 Å². The van der Waals surface area contributed by atoms with Gasteiger partial charge in [-0.2, -0.15) is 0 Å². The molecular formula is C21H25NO6. The van der Waals surface area contributed by atoms with Crippen LogP contribution in [0.4, 0.5) is 5.69 Å². The van der Waals surface area contributed by atoms with Crippen LogP contribution in [0.2, 0.25) is 0 Å². The lowest BCUT2D eigenvalue weighted by Gasteiger charge is -2.34. The highest BCUT2D eigenvalue weighted by molar-refractivity contribution is 6.08. The highest BCUT2D eigenvalue weighted by Gasteiger charge is 2.36. The number of benzene rings is 1. The molecule has 1 aliphatic rings. The third-order valence-corrected chi connectivity index (χ3v) is 4.38. The monoisotopic (exact) mass is 387 g/mol. The van der Waals surface area contributed by atoms with Crippen LogP contribution in [0.25, 0.3) is 0 Å². The van der Waals surface area contributed by atoms with Gasteiger partial charge in [0.25, 0.3) is 0 Å². The van der Waals surface area contributed by atoms with Gasteiger partial charge in [0, 0.05) is 23.4 Å². The van der Waals surface area contributed by atoms with E-state index in [0.717, 1.165) is 0 Å². The van der Waals surface area contributed by atoms with E-state index in [9.17, 15) is 14.4 Å². The second kappa shape index (κ2) is 9.21. The summed E-state index contributed by atoms with van der Waals surface area (Å²) in [7, 11) is 1.55. The van der Waals surface area contributed by atoms with Crippen molar-refractivity contribution in [3.63, 3.8) is 0 Å². The van der Waals surface area contributed by atoms with E-state index in [1.807, 2.05) is 0 Å². The van der Waals surface area contributed by atoms with Crippen LogP contribution in [-0.2, 0) is 23.9 Å². The summed E-state index contributed by atoms with van der Waals surface area (Å²) in [5, 5.41) is 0. The molecule has 0 spiro atoms. The van der Waals surface area contributed by atoms with E-state index in [2.05, 4.69) is 0 Å². The lowest BCUT2D eigenvalue weighted by atomic mass is 9.93. The number of hydrogen-bond acceptors (Lipinski definition) is 7. The number of allylic oxidation sites excluding steroid dienone is 2. The zero-order valence-corrected chi connectivity index (χ0v) is 16.8. The molecule has 1 aromatic carbocycles. The molecule has 1 aromatic rings. The van der Waals surface area contributed by atoms with Crippen molar-refractivity contribution in [3.8, 4) is 5.75 Å². The number of carbonyl (C=O) groups excluding carboxylic acids is 3. The van der Waals surface area contributed by atoms with Gasteiger partial charge in [-0.25, -0.2) is 9.59 Å². The topological polar surface area (TPSA) is 82.1 Å². The van der Waals surface area contributed by atoms with E-state index in [-0.39, 0.29) is 36.7 Å². The van der Waals surface area contributed by atoms with Gasteiger partial charge in [0.1, 0.15) is 11.4 Å². The molecule has 1 heterocycles. The molecule has 1 aliphatic heterocycles. The first kappa shape index (κ1) is 21.2. The first-order chi connectivity index (χ1) is 13.3. The predicted octanol–water partition coefficient (Wildman–Crippen LogP) is 3.15. The molecule has 2 rings (SSSR count). The van der Waals surface area contributed by atoms with E-state index in [4.69, 9.17) is 14.2 Å². The molecule has 0 aromatic heterocycles. The van der Waals surface area contributed by atoms with Gasteiger partial charge in [-0.15, -0.1) is 0 Å². The Morgan fingerprint density at radius 2 is 1.54 bits per heavy atom. The quantitative estimate of drug-likeness (QED) is 0.665.